The first kappa shape index (κ1) is 18.3. The molecule has 2 fully saturated rings. The van der Waals surface area contributed by atoms with Crippen molar-refractivity contribution in [1.29, 1.82) is 0 Å². The maximum absolute atomic E-state index is 12.3. The molecule has 2 aliphatic heterocycles. The van der Waals surface area contributed by atoms with Crippen LogP contribution in [0, 0.1) is 12.8 Å². The molecule has 0 aromatic heterocycles. The lowest BCUT2D eigenvalue weighted by Gasteiger charge is -2.34. The summed E-state index contributed by atoms with van der Waals surface area (Å²) >= 11 is 0. The van der Waals surface area contributed by atoms with Crippen molar-refractivity contribution in [3.8, 4) is 5.75 Å². The third-order valence-corrected chi connectivity index (χ3v) is 5.80. The number of piperidine rings is 1. The van der Waals surface area contributed by atoms with Crippen LogP contribution in [0.3, 0.4) is 0 Å². The summed E-state index contributed by atoms with van der Waals surface area (Å²) in [7, 11) is 0. The topological polar surface area (TPSA) is 61.9 Å². The van der Waals surface area contributed by atoms with Crippen molar-refractivity contribution in [3.63, 3.8) is 0 Å². The van der Waals surface area contributed by atoms with E-state index in [0.717, 1.165) is 75.3 Å². The Hall–Kier alpha value is -2.08. The van der Waals surface area contributed by atoms with Gasteiger partial charge < -0.3 is 19.9 Å². The van der Waals surface area contributed by atoms with Gasteiger partial charge in [-0.2, -0.15) is 0 Å². The Labute approximate surface area is 160 Å². The van der Waals surface area contributed by atoms with Crippen LogP contribution < -0.4 is 15.0 Å². The summed E-state index contributed by atoms with van der Waals surface area (Å²) < 4.78 is 5.55. The SMILES string of the molecule is Cc1ccc2c(c1)N(CCCN1CCC(NC(=O)C3CC3)CC1)C(=O)CO2. The number of benzene rings is 1. The molecular weight excluding hydrogens is 342 g/mol. The Balaban J connectivity index is 1.23. The molecule has 1 aromatic rings. The number of nitrogens with one attached hydrogen (secondary N) is 1. The van der Waals surface area contributed by atoms with Crippen molar-refractivity contribution >= 4 is 17.5 Å². The zero-order valence-corrected chi connectivity index (χ0v) is 16.1. The van der Waals surface area contributed by atoms with Crippen molar-refractivity contribution in [1.82, 2.24) is 10.2 Å². The molecule has 27 heavy (non-hydrogen) atoms. The number of likely N-dealkylation sites (tertiary alicyclic amines) is 1. The number of fused-ring (bicyclic) bond motifs is 1. The maximum atomic E-state index is 12.3. The summed E-state index contributed by atoms with van der Waals surface area (Å²) in [4.78, 5) is 28.5. The fourth-order valence-corrected chi connectivity index (χ4v) is 3.98. The first-order valence-electron chi connectivity index (χ1n) is 10.2. The molecule has 6 nitrogen and oxygen atoms in total. The molecule has 4 rings (SSSR count). The molecule has 1 N–H and O–H groups in total. The third kappa shape index (κ3) is 4.43. The van der Waals surface area contributed by atoms with Gasteiger partial charge in [-0.3, -0.25) is 9.59 Å². The molecule has 0 radical (unpaired) electrons. The number of ether oxygens (including phenoxy) is 1. The zero-order valence-electron chi connectivity index (χ0n) is 16.1. The lowest BCUT2D eigenvalue weighted by molar-refractivity contribution is -0.123. The van der Waals surface area contributed by atoms with E-state index in [9.17, 15) is 9.59 Å². The van der Waals surface area contributed by atoms with Crippen molar-refractivity contribution in [2.45, 2.75) is 45.1 Å². The summed E-state index contributed by atoms with van der Waals surface area (Å²) in [6.07, 6.45) is 5.12. The summed E-state index contributed by atoms with van der Waals surface area (Å²) in [6, 6.07) is 6.33. The van der Waals surface area contributed by atoms with Crippen molar-refractivity contribution in [2.75, 3.05) is 37.7 Å². The van der Waals surface area contributed by atoms with Crippen LogP contribution in [0.5, 0.6) is 5.75 Å². The average Bonchev–Trinajstić information content (AvgIpc) is 3.50. The molecule has 2 heterocycles. The highest BCUT2D eigenvalue weighted by atomic mass is 16.5. The maximum Gasteiger partial charge on any atom is 0.265 e. The summed E-state index contributed by atoms with van der Waals surface area (Å²) in [5, 5.41) is 3.20. The van der Waals surface area contributed by atoms with E-state index in [0.29, 0.717) is 12.0 Å². The van der Waals surface area contributed by atoms with Crippen LogP contribution in [-0.2, 0) is 9.59 Å². The minimum Gasteiger partial charge on any atom is -0.482 e. The fraction of sp³-hybridized carbons (Fsp3) is 0.619. The van der Waals surface area contributed by atoms with Crippen molar-refractivity contribution in [3.05, 3.63) is 23.8 Å². The van der Waals surface area contributed by atoms with Crippen molar-refractivity contribution < 1.29 is 14.3 Å². The second kappa shape index (κ2) is 7.89. The van der Waals surface area contributed by atoms with Gasteiger partial charge in [-0.05, 0) is 63.3 Å². The van der Waals surface area contributed by atoms with Crippen LogP contribution in [-0.4, -0.2) is 55.5 Å². The van der Waals surface area contributed by atoms with Crippen LogP contribution in [0.1, 0.15) is 37.7 Å². The lowest BCUT2D eigenvalue weighted by Crippen LogP contribution is -2.46. The number of aryl methyl sites for hydroxylation is 1. The Morgan fingerprint density at radius 3 is 2.70 bits per heavy atom. The zero-order chi connectivity index (χ0) is 18.8. The molecule has 0 unspecified atom stereocenters. The molecule has 1 aromatic carbocycles. The van der Waals surface area contributed by atoms with Gasteiger partial charge in [0.15, 0.2) is 6.61 Å². The number of anilines is 1. The quantitative estimate of drug-likeness (QED) is 0.832. The minimum atomic E-state index is 0.0367. The Kier molecular flexibility index (Phi) is 5.34. The van der Waals surface area contributed by atoms with Gasteiger partial charge >= 0.3 is 0 Å². The fourth-order valence-electron chi connectivity index (χ4n) is 3.98. The highest BCUT2D eigenvalue weighted by Gasteiger charge is 2.32. The predicted molar refractivity (Wildman–Crippen MR) is 104 cm³/mol. The first-order chi connectivity index (χ1) is 13.1. The van der Waals surface area contributed by atoms with Gasteiger partial charge in [0.1, 0.15) is 5.75 Å². The van der Waals surface area contributed by atoms with Gasteiger partial charge in [-0.25, -0.2) is 0 Å². The van der Waals surface area contributed by atoms with E-state index in [2.05, 4.69) is 10.2 Å². The lowest BCUT2D eigenvalue weighted by atomic mass is 10.0. The number of carbonyl (C=O) groups is 2. The van der Waals surface area contributed by atoms with E-state index in [1.54, 1.807) is 0 Å². The molecule has 0 atom stereocenters. The second-order valence-electron chi connectivity index (χ2n) is 8.06. The molecule has 0 bridgehead atoms. The Morgan fingerprint density at radius 2 is 1.96 bits per heavy atom. The molecule has 146 valence electrons. The van der Waals surface area contributed by atoms with Crippen molar-refractivity contribution in [2.24, 2.45) is 5.92 Å². The number of rotatable bonds is 6. The van der Waals surface area contributed by atoms with E-state index in [1.165, 1.54) is 0 Å². The number of carbonyl (C=O) groups excluding carboxylic acids is 2. The van der Waals surface area contributed by atoms with E-state index in [4.69, 9.17) is 4.74 Å². The van der Waals surface area contributed by atoms with Crippen LogP contribution in [0.2, 0.25) is 0 Å². The normalized spacial score (nSPS) is 20.9. The second-order valence-corrected chi connectivity index (χ2v) is 8.06. The highest BCUT2D eigenvalue weighted by Crippen LogP contribution is 2.33. The molecule has 1 aliphatic carbocycles. The standard InChI is InChI=1S/C21H29N3O3/c1-15-3-6-19-18(13-15)24(20(25)14-27-19)10-2-9-23-11-7-17(8-12-23)22-21(26)16-4-5-16/h3,6,13,16-17H,2,4-5,7-12,14H2,1H3,(H,22,26). The molecule has 6 heteroatoms. The van der Waals surface area contributed by atoms with E-state index >= 15 is 0 Å². The number of hydrogen-bond acceptors (Lipinski definition) is 4. The van der Waals surface area contributed by atoms with Gasteiger partial charge in [0.2, 0.25) is 5.91 Å². The predicted octanol–water partition coefficient (Wildman–Crippen LogP) is 2.10. The van der Waals surface area contributed by atoms with Gasteiger partial charge in [0.05, 0.1) is 5.69 Å². The van der Waals surface area contributed by atoms with E-state index in [1.807, 2.05) is 30.0 Å². The minimum absolute atomic E-state index is 0.0367. The monoisotopic (exact) mass is 371 g/mol. The van der Waals surface area contributed by atoms with E-state index < -0.39 is 0 Å². The van der Waals surface area contributed by atoms with Gasteiger partial charge in [-0.1, -0.05) is 6.07 Å². The molecule has 3 aliphatic rings. The number of hydrogen-bond donors (Lipinski definition) is 1. The summed E-state index contributed by atoms with van der Waals surface area (Å²) in [5.74, 6) is 1.39. The molecule has 1 saturated carbocycles. The van der Waals surface area contributed by atoms with Gasteiger partial charge in [0, 0.05) is 31.6 Å². The van der Waals surface area contributed by atoms with Crippen LogP contribution in [0.25, 0.3) is 0 Å². The highest BCUT2D eigenvalue weighted by molar-refractivity contribution is 5.97. The largest absolute Gasteiger partial charge is 0.482 e. The van der Waals surface area contributed by atoms with Gasteiger partial charge in [0.25, 0.3) is 5.91 Å². The molecule has 0 spiro atoms. The Morgan fingerprint density at radius 1 is 1.19 bits per heavy atom. The van der Waals surface area contributed by atoms with Gasteiger partial charge in [-0.15, -0.1) is 0 Å². The van der Waals surface area contributed by atoms with Crippen LogP contribution in [0.15, 0.2) is 18.2 Å². The number of amides is 2. The molecule has 1 saturated heterocycles. The first-order valence-corrected chi connectivity index (χ1v) is 10.2. The third-order valence-electron chi connectivity index (χ3n) is 5.80. The summed E-state index contributed by atoms with van der Waals surface area (Å²) in [6.45, 7) is 5.89. The van der Waals surface area contributed by atoms with Crippen LogP contribution >= 0.6 is 0 Å². The number of nitrogens with zero attached hydrogens (tertiary/aromatic N) is 2. The average molecular weight is 371 g/mol. The van der Waals surface area contributed by atoms with E-state index in [-0.39, 0.29) is 18.4 Å². The molecular formula is C21H29N3O3. The summed E-state index contributed by atoms with van der Waals surface area (Å²) in [5.41, 5.74) is 2.03. The smallest absolute Gasteiger partial charge is 0.265 e. The molecule has 2 amide bonds. The van der Waals surface area contributed by atoms with Crippen LogP contribution in [0.4, 0.5) is 5.69 Å². The Bertz CT molecular complexity index is 709.